The molecule has 0 saturated heterocycles. The van der Waals surface area contributed by atoms with Crippen LogP contribution >= 0.6 is 0 Å². The molecule has 0 fully saturated rings. The average molecular weight is 293 g/mol. The largest absolute Gasteiger partial charge is 0.345 e. The van der Waals surface area contributed by atoms with Crippen LogP contribution in [0.5, 0.6) is 0 Å². The van der Waals surface area contributed by atoms with Gasteiger partial charge in [-0.15, -0.1) is 0 Å². The average Bonchev–Trinajstić information content (AvgIpc) is 2.11. The van der Waals surface area contributed by atoms with Gasteiger partial charge in [-0.3, -0.25) is 4.79 Å². The maximum Gasteiger partial charge on any atom is 0.223 e. The van der Waals surface area contributed by atoms with Crippen molar-refractivity contribution in [2.75, 3.05) is 33.7 Å². The molecule has 20 heavy (non-hydrogen) atoms. The van der Waals surface area contributed by atoms with Crippen LogP contribution in [0.25, 0.3) is 0 Å². The Bertz CT molecular complexity index is 203. The normalized spacial score (nSPS) is 9.25. The van der Waals surface area contributed by atoms with Crippen molar-refractivity contribution in [1.82, 2.24) is 9.80 Å². The lowest BCUT2D eigenvalue weighted by atomic mass is 10.2. The number of carbonyl (C=O) groups excluding carboxylic acids is 1. The van der Waals surface area contributed by atoms with E-state index >= 15 is 0 Å². The topological polar surface area (TPSA) is 23.6 Å². The van der Waals surface area contributed by atoms with Gasteiger partial charge in [-0.1, -0.05) is 57.4 Å². The molecule has 0 saturated carbocycles. The highest BCUT2D eigenvalue weighted by Crippen LogP contribution is 2.01. The van der Waals surface area contributed by atoms with Crippen LogP contribution < -0.4 is 0 Å². The summed E-state index contributed by atoms with van der Waals surface area (Å²) in [4.78, 5) is 15.8. The van der Waals surface area contributed by atoms with E-state index in [0.29, 0.717) is 18.3 Å². The van der Waals surface area contributed by atoms with E-state index < -0.39 is 0 Å². The summed E-state index contributed by atoms with van der Waals surface area (Å²) in [6.45, 7) is 11.4. The first-order valence-corrected chi connectivity index (χ1v) is 6.25. The molecular formula is C17H44N2O. The van der Waals surface area contributed by atoms with Crippen LogP contribution in [0.15, 0.2) is 0 Å². The van der Waals surface area contributed by atoms with Crippen LogP contribution in [-0.4, -0.2) is 49.4 Å². The monoisotopic (exact) mass is 292 g/mol. The van der Waals surface area contributed by atoms with Gasteiger partial charge >= 0.3 is 0 Å². The van der Waals surface area contributed by atoms with Crippen LogP contribution in [0.4, 0.5) is 0 Å². The SMILES string of the molecule is C.C.C.C.CC(C)CN(C)CCC(=O)N(C)CC(C)C. The van der Waals surface area contributed by atoms with E-state index in [4.69, 9.17) is 0 Å². The molecule has 0 aromatic rings. The fourth-order valence-electron chi connectivity index (χ4n) is 1.84. The van der Waals surface area contributed by atoms with Gasteiger partial charge in [0.1, 0.15) is 0 Å². The van der Waals surface area contributed by atoms with Crippen LogP contribution in [0.1, 0.15) is 63.8 Å². The maximum absolute atomic E-state index is 11.8. The Morgan fingerprint density at radius 1 is 0.850 bits per heavy atom. The van der Waals surface area contributed by atoms with Gasteiger partial charge in [-0.2, -0.15) is 0 Å². The summed E-state index contributed by atoms with van der Waals surface area (Å²) in [6.07, 6.45) is 0.631. The van der Waals surface area contributed by atoms with Gasteiger partial charge in [0.2, 0.25) is 5.91 Å². The van der Waals surface area contributed by atoms with Crippen molar-refractivity contribution in [3.8, 4) is 0 Å². The minimum absolute atomic E-state index is 0. The van der Waals surface area contributed by atoms with Crippen LogP contribution in [0.2, 0.25) is 0 Å². The minimum atomic E-state index is 0. The second-order valence-electron chi connectivity index (χ2n) is 5.57. The zero-order valence-electron chi connectivity index (χ0n) is 11.8. The number of hydrogen-bond acceptors (Lipinski definition) is 2. The van der Waals surface area contributed by atoms with Gasteiger partial charge < -0.3 is 9.80 Å². The molecule has 0 rings (SSSR count). The Balaban J connectivity index is -0.000000187. The lowest BCUT2D eigenvalue weighted by Crippen LogP contribution is -2.33. The highest BCUT2D eigenvalue weighted by atomic mass is 16.2. The third kappa shape index (κ3) is 17.4. The molecule has 0 aromatic carbocycles. The molecule has 128 valence electrons. The summed E-state index contributed by atoms with van der Waals surface area (Å²) in [7, 11) is 3.97. The Morgan fingerprint density at radius 3 is 1.60 bits per heavy atom. The summed E-state index contributed by atoms with van der Waals surface area (Å²) in [5.74, 6) is 1.46. The van der Waals surface area contributed by atoms with Crippen molar-refractivity contribution in [2.24, 2.45) is 11.8 Å². The Kier molecular flexibility index (Phi) is 26.1. The lowest BCUT2D eigenvalue weighted by Gasteiger charge is -2.22. The van der Waals surface area contributed by atoms with E-state index in [9.17, 15) is 4.79 Å². The molecule has 3 heteroatoms. The summed E-state index contributed by atoms with van der Waals surface area (Å²) >= 11 is 0. The van der Waals surface area contributed by atoms with E-state index in [-0.39, 0.29) is 35.6 Å². The van der Waals surface area contributed by atoms with E-state index in [1.165, 1.54) is 0 Å². The molecule has 0 radical (unpaired) electrons. The molecule has 0 aliphatic rings. The van der Waals surface area contributed by atoms with Gasteiger partial charge in [0.05, 0.1) is 0 Å². The van der Waals surface area contributed by atoms with Crippen molar-refractivity contribution in [3.63, 3.8) is 0 Å². The number of rotatable bonds is 7. The van der Waals surface area contributed by atoms with Gasteiger partial charge in [0, 0.05) is 33.1 Å². The molecule has 0 unspecified atom stereocenters. The number of amides is 1. The first-order valence-electron chi connectivity index (χ1n) is 6.25. The fraction of sp³-hybridized carbons (Fsp3) is 0.941. The van der Waals surface area contributed by atoms with E-state index in [1.807, 2.05) is 11.9 Å². The van der Waals surface area contributed by atoms with Crippen molar-refractivity contribution in [1.29, 1.82) is 0 Å². The van der Waals surface area contributed by atoms with E-state index in [1.54, 1.807) is 0 Å². The smallest absolute Gasteiger partial charge is 0.223 e. The van der Waals surface area contributed by atoms with E-state index in [0.717, 1.165) is 19.6 Å². The fourth-order valence-corrected chi connectivity index (χ4v) is 1.84. The zero-order chi connectivity index (χ0) is 12.7. The molecular weight excluding hydrogens is 248 g/mol. The molecule has 0 aliphatic heterocycles. The highest BCUT2D eigenvalue weighted by molar-refractivity contribution is 5.76. The second kappa shape index (κ2) is 16.5. The second-order valence-corrected chi connectivity index (χ2v) is 5.57. The van der Waals surface area contributed by atoms with Crippen molar-refractivity contribution in [3.05, 3.63) is 0 Å². The summed E-state index contributed by atoms with van der Waals surface area (Å²) in [5, 5.41) is 0. The van der Waals surface area contributed by atoms with Gasteiger partial charge in [-0.25, -0.2) is 0 Å². The van der Waals surface area contributed by atoms with Crippen molar-refractivity contribution < 1.29 is 4.79 Å². The zero-order valence-corrected chi connectivity index (χ0v) is 11.8. The molecule has 0 aliphatic carbocycles. The Hall–Kier alpha value is -0.570. The van der Waals surface area contributed by atoms with E-state index in [2.05, 4.69) is 39.6 Å². The Morgan fingerprint density at radius 2 is 1.25 bits per heavy atom. The molecule has 0 N–H and O–H groups in total. The standard InChI is InChI=1S/C13H28N2O.4CH4/c1-11(2)9-14(5)8-7-13(16)15(6)10-12(3)4;;;;/h11-12H,7-10H2,1-6H3;4*1H4. The number of carbonyl (C=O) groups is 1. The molecule has 0 atom stereocenters. The molecule has 0 heterocycles. The summed E-state index contributed by atoms with van der Waals surface area (Å²) in [6, 6.07) is 0. The Labute approximate surface area is 130 Å². The minimum Gasteiger partial charge on any atom is -0.345 e. The lowest BCUT2D eigenvalue weighted by molar-refractivity contribution is -0.130. The quantitative estimate of drug-likeness (QED) is 0.683. The predicted molar refractivity (Wildman–Crippen MR) is 96.4 cm³/mol. The molecule has 3 nitrogen and oxygen atoms in total. The van der Waals surface area contributed by atoms with Crippen molar-refractivity contribution >= 4 is 5.91 Å². The molecule has 0 aromatic heterocycles. The summed E-state index contributed by atoms with van der Waals surface area (Å²) in [5.41, 5.74) is 0. The number of nitrogens with zero attached hydrogens (tertiary/aromatic N) is 2. The van der Waals surface area contributed by atoms with Gasteiger partial charge in [0.15, 0.2) is 0 Å². The summed E-state index contributed by atoms with van der Waals surface area (Å²) < 4.78 is 0. The van der Waals surface area contributed by atoms with Crippen LogP contribution in [-0.2, 0) is 4.79 Å². The van der Waals surface area contributed by atoms with Crippen LogP contribution in [0, 0.1) is 11.8 Å². The highest BCUT2D eigenvalue weighted by Gasteiger charge is 2.11. The third-order valence-corrected chi connectivity index (χ3v) is 2.45. The predicted octanol–water partition coefficient (Wildman–Crippen LogP) is 4.62. The first-order chi connectivity index (χ1) is 7.32. The number of hydrogen-bond donors (Lipinski definition) is 0. The molecule has 0 bridgehead atoms. The van der Waals surface area contributed by atoms with Crippen molar-refractivity contribution in [2.45, 2.75) is 63.8 Å². The van der Waals surface area contributed by atoms with Crippen LogP contribution in [0.3, 0.4) is 0 Å². The third-order valence-electron chi connectivity index (χ3n) is 2.45. The van der Waals surface area contributed by atoms with Gasteiger partial charge in [0.25, 0.3) is 0 Å². The molecule has 1 amide bonds. The first kappa shape index (κ1) is 31.7. The van der Waals surface area contributed by atoms with Gasteiger partial charge in [-0.05, 0) is 18.9 Å². The maximum atomic E-state index is 11.8. The molecule has 0 spiro atoms.